The molecule has 4 saturated heterocycles. The van der Waals surface area contributed by atoms with Crippen molar-refractivity contribution < 1.29 is 24.2 Å². The van der Waals surface area contributed by atoms with Crippen LogP contribution in [0.4, 0.5) is 11.5 Å². The lowest BCUT2D eigenvalue weighted by atomic mass is 9.71. The Bertz CT molecular complexity index is 2420. The third-order valence-electron chi connectivity index (χ3n) is 15.1. The molecule has 2 aromatic heterocycles. The quantitative estimate of drug-likeness (QED) is 0.101. The van der Waals surface area contributed by atoms with Gasteiger partial charge in [0.25, 0.3) is 5.91 Å². The van der Waals surface area contributed by atoms with Crippen LogP contribution in [0.5, 0.6) is 0 Å². The van der Waals surface area contributed by atoms with Crippen LogP contribution in [-0.2, 0) is 20.7 Å². The number of nitrogens with two attached hydrogens (primary N) is 1. The van der Waals surface area contributed by atoms with Gasteiger partial charge in [-0.3, -0.25) is 19.3 Å². The Balaban J connectivity index is 0.685. The Morgan fingerprint density at radius 2 is 1.66 bits per heavy atom. The monoisotopic (exact) mass is 947 g/mol. The number of aromatic nitrogens is 3. The summed E-state index contributed by atoms with van der Waals surface area (Å²) in [5, 5.41) is 21.1. The Hall–Kier alpha value is -5.23. The number of anilines is 2. The second-order valence-corrected chi connectivity index (χ2v) is 19.9. The van der Waals surface area contributed by atoms with E-state index in [1.54, 1.807) is 6.20 Å². The Kier molecular flexibility index (Phi) is 14.6. The fourth-order valence-corrected chi connectivity index (χ4v) is 11.0. The van der Waals surface area contributed by atoms with Gasteiger partial charge in [0.15, 0.2) is 5.69 Å². The SMILES string of the molecule is CCc1cccc(-c2cnc(C(=O)N3CCN(CC45CCC(NCC(=O)NCCNC[C@@H](C(=O)N6CCN(c7ncnc8c7[C@H](C)C[C@H]8O)CC6)c6ccc(Cl)cc6)(CC4)CO5)CC3)c(N)c2)c1. The van der Waals surface area contributed by atoms with E-state index in [1.807, 2.05) is 52.3 Å². The van der Waals surface area contributed by atoms with Gasteiger partial charge in [-0.15, -0.1) is 0 Å². The highest BCUT2D eigenvalue weighted by molar-refractivity contribution is 6.30. The lowest BCUT2D eigenvalue weighted by Crippen LogP contribution is -2.65. The van der Waals surface area contributed by atoms with Crippen LogP contribution < -0.4 is 26.6 Å². The van der Waals surface area contributed by atoms with Crippen LogP contribution in [0.15, 0.2) is 67.1 Å². The van der Waals surface area contributed by atoms with Gasteiger partial charge in [0.2, 0.25) is 11.8 Å². The standard InChI is InChI=1S/C51H66ClN11O5/c1-3-35-5-4-6-37(26-35)38-27-41(53)45(56-28-38)49(67)63-19-17-60(18-20-63)31-51-13-11-50(12-14-51,32-68-51)59-30-43(65)55-16-15-54-29-40(36-7-9-39(52)10-8-36)48(66)62-23-21-61(22-24-62)47-44-34(2)25-42(64)46(44)57-33-58-47/h4-10,26-28,33-34,40,42,54,59,64H,3,11-25,29-32,53H2,1-2H3,(H,55,65)/t34-,40-,42-,50?,51?/m1/s1. The molecule has 1 saturated carbocycles. The van der Waals surface area contributed by atoms with Crippen molar-refractivity contribution in [2.75, 3.05) is 102 Å². The first kappa shape index (κ1) is 47.8. The summed E-state index contributed by atoms with van der Waals surface area (Å²) in [7, 11) is 0. The van der Waals surface area contributed by atoms with E-state index in [4.69, 9.17) is 22.1 Å². The van der Waals surface area contributed by atoms with E-state index in [9.17, 15) is 19.5 Å². The van der Waals surface area contributed by atoms with Crippen LogP contribution in [0.25, 0.3) is 11.1 Å². The van der Waals surface area contributed by atoms with Crippen LogP contribution in [-0.4, -0.2) is 155 Å². The zero-order valence-electron chi connectivity index (χ0n) is 39.4. The van der Waals surface area contributed by atoms with E-state index >= 15 is 0 Å². The number of hydrogen-bond donors (Lipinski definition) is 5. The van der Waals surface area contributed by atoms with Gasteiger partial charge in [0.05, 0.1) is 42.2 Å². The van der Waals surface area contributed by atoms with Gasteiger partial charge in [-0.25, -0.2) is 15.0 Å². The number of nitrogens with zero attached hydrogens (tertiary/aromatic N) is 7. The molecule has 6 N–H and O–H groups in total. The largest absolute Gasteiger partial charge is 0.397 e. The molecule has 2 bridgehead atoms. The van der Waals surface area contributed by atoms with Crippen molar-refractivity contribution in [3.05, 3.63) is 100 Å². The molecule has 10 rings (SSSR count). The van der Waals surface area contributed by atoms with Gasteiger partial charge < -0.3 is 46.2 Å². The predicted molar refractivity (Wildman–Crippen MR) is 263 cm³/mol. The van der Waals surface area contributed by atoms with Crippen LogP contribution in [0.1, 0.15) is 96.8 Å². The van der Waals surface area contributed by atoms with Gasteiger partial charge in [0, 0.05) is 106 Å². The fraction of sp³-hybridized carbons (Fsp3) is 0.529. The number of aryl methyl sites for hydroxylation is 1. The summed E-state index contributed by atoms with van der Waals surface area (Å²) in [4.78, 5) is 62.6. The van der Waals surface area contributed by atoms with Crippen LogP contribution in [0.2, 0.25) is 5.02 Å². The number of amides is 3. The van der Waals surface area contributed by atoms with Gasteiger partial charge in [-0.2, -0.15) is 0 Å². The van der Waals surface area contributed by atoms with Crippen LogP contribution >= 0.6 is 11.6 Å². The van der Waals surface area contributed by atoms with E-state index in [2.05, 4.69) is 66.7 Å². The minimum Gasteiger partial charge on any atom is -0.397 e. The Morgan fingerprint density at radius 3 is 2.37 bits per heavy atom. The van der Waals surface area contributed by atoms with E-state index in [1.165, 1.54) is 11.9 Å². The number of ether oxygens (including phenoxy) is 1. The van der Waals surface area contributed by atoms with E-state index in [0.717, 1.165) is 79.8 Å². The topological polar surface area (TPSA) is 194 Å². The van der Waals surface area contributed by atoms with Crippen molar-refractivity contribution in [2.24, 2.45) is 0 Å². The molecule has 3 atom stereocenters. The van der Waals surface area contributed by atoms with Crippen molar-refractivity contribution in [3.8, 4) is 11.1 Å². The number of pyridine rings is 1. The van der Waals surface area contributed by atoms with Gasteiger partial charge in [0.1, 0.15) is 12.1 Å². The number of carbonyl (C=O) groups is 3. The van der Waals surface area contributed by atoms with Crippen molar-refractivity contribution >= 4 is 40.8 Å². The van der Waals surface area contributed by atoms with E-state index < -0.39 is 12.0 Å². The highest BCUT2D eigenvalue weighted by Crippen LogP contribution is 2.45. The summed E-state index contributed by atoms with van der Waals surface area (Å²) in [6, 6.07) is 17.6. The molecule has 16 nitrogen and oxygen atoms in total. The minimum atomic E-state index is -0.568. The summed E-state index contributed by atoms with van der Waals surface area (Å²) in [5.74, 6) is 0.441. The van der Waals surface area contributed by atoms with Crippen molar-refractivity contribution in [1.82, 2.24) is 45.6 Å². The number of aliphatic hydroxyl groups excluding tert-OH is 1. The lowest BCUT2D eigenvalue weighted by Gasteiger charge is -2.55. The number of carbonyl (C=O) groups excluding carboxylic acids is 3. The normalized spacial score (nSPS) is 24.2. The molecule has 68 heavy (non-hydrogen) atoms. The lowest BCUT2D eigenvalue weighted by molar-refractivity contribution is -0.173. The average Bonchev–Trinajstić information content (AvgIpc) is 3.67. The molecule has 2 aliphatic carbocycles. The van der Waals surface area contributed by atoms with Gasteiger partial charge >= 0.3 is 0 Å². The van der Waals surface area contributed by atoms with Crippen LogP contribution in [0, 0.1) is 0 Å². The Labute approximate surface area is 404 Å². The number of aliphatic hydroxyl groups is 1. The second-order valence-electron chi connectivity index (χ2n) is 19.5. The zero-order chi connectivity index (χ0) is 47.4. The summed E-state index contributed by atoms with van der Waals surface area (Å²) in [5.41, 5.74) is 12.5. The second kappa shape index (κ2) is 20.8. The predicted octanol–water partition coefficient (Wildman–Crippen LogP) is 4.14. The molecule has 5 fully saturated rings. The number of nitrogen functional groups attached to an aromatic ring is 1. The summed E-state index contributed by atoms with van der Waals surface area (Å²) in [6.07, 6.45) is 7.99. The third kappa shape index (κ3) is 10.5. The van der Waals surface area contributed by atoms with Crippen LogP contribution in [0.3, 0.4) is 0 Å². The molecule has 0 unspecified atom stereocenters. The summed E-state index contributed by atoms with van der Waals surface area (Å²) >= 11 is 6.23. The molecule has 6 aliphatic rings. The van der Waals surface area contributed by atoms with Crippen molar-refractivity contribution in [1.29, 1.82) is 0 Å². The maximum absolute atomic E-state index is 14.1. The first-order chi connectivity index (χ1) is 32.9. The molecule has 4 aromatic rings. The number of fused-ring (bicyclic) bond motifs is 4. The van der Waals surface area contributed by atoms with Gasteiger partial charge in [-0.1, -0.05) is 61.8 Å². The molecule has 2 aromatic carbocycles. The fourth-order valence-electron chi connectivity index (χ4n) is 10.9. The van der Waals surface area contributed by atoms with Gasteiger partial charge in [-0.05, 0) is 79.3 Å². The summed E-state index contributed by atoms with van der Waals surface area (Å²) < 4.78 is 6.61. The molecule has 362 valence electrons. The Morgan fingerprint density at radius 1 is 0.912 bits per heavy atom. The minimum absolute atomic E-state index is 0.0416. The molecular weight excluding hydrogens is 882 g/mol. The molecule has 0 spiro atoms. The number of piperazine rings is 2. The molecule has 4 aliphatic heterocycles. The summed E-state index contributed by atoms with van der Waals surface area (Å²) in [6.45, 7) is 12.2. The highest BCUT2D eigenvalue weighted by Gasteiger charge is 2.50. The van der Waals surface area contributed by atoms with Crippen molar-refractivity contribution in [2.45, 2.75) is 81.5 Å². The third-order valence-corrected chi connectivity index (χ3v) is 15.3. The van der Waals surface area contributed by atoms with E-state index in [-0.39, 0.29) is 41.3 Å². The first-order valence-electron chi connectivity index (χ1n) is 24.5. The number of rotatable bonds is 16. The number of benzene rings is 2. The zero-order valence-corrected chi connectivity index (χ0v) is 40.1. The number of halogens is 1. The maximum Gasteiger partial charge on any atom is 0.274 e. The number of hydrogen-bond acceptors (Lipinski definition) is 13. The first-order valence-corrected chi connectivity index (χ1v) is 24.8. The maximum atomic E-state index is 14.1. The smallest absolute Gasteiger partial charge is 0.274 e. The number of nitrogens with one attached hydrogen (secondary N) is 3. The molecule has 3 amide bonds. The van der Waals surface area contributed by atoms with Crippen molar-refractivity contribution in [3.63, 3.8) is 0 Å². The molecule has 17 heteroatoms. The van der Waals surface area contributed by atoms with E-state index in [0.29, 0.717) is 94.0 Å². The highest BCUT2D eigenvalue weighted by atomic mass is 35.5. The average molecular weight is 949 g/mol. The molecule has 6 heterocycles. The molecule has 0 radical (unpaired) electrons. The molecular formula is C51H66ClN11O5.